The van der Waals surface area contributed by atoms with E-state index in [0.717, 1.165) is 5.56 Å². The molecule has 19 heavy (non-hydrogen) atoms. The molecule has 0 aliphatic rings. The van der Waals surface area contributed by atoms with Crippen LogP contribution in [0.2, 0.25) is 0 Å². The van der Waals surface area contributed by atoms with Gasteiger partial charge in [-0.05, 0) is 52.7 Å². The smallest absolute Gasteiger partial charge is 0.256 e. The summed E-state index contributed by atoms with van der Waals surface area (Å²) >= 11 is 3.02. The van der Waals surface area contributed by atoms with Gasteiger partial charge in [0.05, 0.1) is 10.0 Å². The third kappa shape index (κ3) is 2.98. The molecule has 0 unspecified atom stereocenters. The van der Waals surface area contributed by atoms with E-state index in [9.17, 15) is 13.6 Å². The number of carbonyl (C=O) groups is 1. The second kappa shape index (κ2) is 5.48. The van der Waals surface area contributed by atoms with E-state index in [2.05, 4.69) is 21.2 Å². The highest BCUT2D eigenvalue weighted by Gasteiger charge is 2.14. The van der Waals surface area contributed by atoms with Gasteiger partial charge < -0.3 is 5.32 Å². The number of aryl methyl sites for hydroxylation is 1. The number of nitrogens with one attached hydrogen (secondary N) is 1. The Labute approximate surface area is 117 Å². The van der Waals surface area contributed by atoms with Crippen molar-refractivity contribution in [1.82, 2.24) is 0 Å². The summed E-state index contributed by atoms with van der Waals surface area (Å²) in [6.45, 7) is 1.75. The van der Waals surface area contributed by atoms with Gasteiger partial charge in [0.1, 0.15) is 11.6 Å². The molecule has 0 radical (unpaired) electrons. The first-order valence-corrected chi connectivity index (χ1v) is 6.30. The first kappa shape index (κ1) is 13.7. The average Bonchev–Trinajstić information content (AvgIpc) is 2.37. The molecule has 0 aliphatic carbocycles. The Balaban J connectivity index is 2.31. The van der Waals surface area contributed by atoms with Gasteiger partial charge in [-0.2, -0.15) is 0 Å². The lowest BCUT2D eigenvalue weighted by Gasteiger charge is -2.09. The first-order valence-electron chi connectivity index (χ1n) is 5.50. The van der Waals surface area contributed by atoms with Crippen molar-refractivity contribution in [2.45, 2.75) is 6.92 Å². The van der Waals surface area contributed by atoms with Crippen LogP contribution >= 0.6 is 15.9 Å². The molecule has 0 bridgehead atoms. The maximum atomic E-state index is 13.3. The minimum absolute atomic E-state index is 0.0848. The summed E-state index contributed by atoms with van der Waals surface area (Å²) in [5, 5.41) is 2.56. The van der Waals surface area contributed by atoms with Crippen molar-refractivity contribution in [2.24, 2.45) is 0 Å². The molecule has 0 fully saturated rings. The van der Waals surface area contributed by atoms with Gasteiger partial charge in [0.2, 0.25) is 0 Å². The third-order valence-electron chi connectivity index (χ3n) is 2.64. The molecule has 1 amide bonds. The van der Waals surface area contributed by atoms with Crippen molar-refractivity contribution < 1.29 is 13.6 Å². The minimum Gasteiger partial charge on any atom is -0.322 e. The summed E-state index contributed by atoms with van der Waals surface area (Å²) in [6.07, 6.45) is 0. The molecule has 0 saturated heterocycles. The molecule has 98 valence electrons. The van der Waals surface area contributed by atoms with Gasteiger partial charge in [-0.1, -0.05) is 12.1 Å². The molecule has 0 spiro atoms. The van der Waals surface area contributed by atoms with E-state index < -0.39 is 17.5 Å². The fraction of sp³-hybridized carbons (Fsp3) is 0.0714. The van der Waals surface area contributed by atoms with Crippen molar-refractivity contribution >= 4 is 27.5 Å². The Kier molecular flexibility index (Phi) is 3.95. The van der Waals surface area contributed by atoms with Gasteiger partial charge in [-0.15, -0.1) is 0 Å². The van der Waals surface area contributed by atoms with E-state index in [1.54, 1.807) is 13.0 Å². The molecule has 2 aromatic carbocycles. The molecule has 2 aromatic rings. The van der Waals surface area contributed by atoms with Crippen LogP contribution in [0.5, 0.6) is 0 Å². The standard InChI is InChI=1S/C14H10BrF2NO/c1-8-5-6-9(16)7-12(8)18-14(19)10-3-2-4-11(17)13(10)15/h2-7H,1H3,(H,18,19). The van der Waals surface area contributed by atoms with E-state index in [1.807, 2.05) is 0 Å². The van der Waals surface area contributed by atoms with E-state index in [1.165, 1.54) is 30.3 Å². The lowest BCUT2D eigenvalue weighted by Crippen LogP contribution is -2.14. The van der Waals surface area contributed by atoms with Gasteiger partial charge in [-0.25, -0.2) is 8.78 Å². The average molecular weight is 326 g/mol. The lowest BCUT2D eigenvalue weighted by atomic mass is 10.1. The second-order valence-electron chi connectivity index (χ2n) is 4.01. The third-order valence-corrected chi connectivity index (χ3v) is 3.45. The normalized spacial score (nSPS) is 10.3. The Morgan fingerprint density at radius 2 is 1.95 bits per heavy atom. The topological polar surface area (TPSA) is 29.1 Å². The molecule has 5 heteroatoms. The maximum Gasteiger partial charge on any atom is 0.256 e. The van der Waals surface area contributed by atoms with Gasteiger partial charge in [0.25, 0.3) is 5.91 Å². The van der Waals surface area contributed by atoms with Gasteiger partial charge >= 0.3 is 0 Å². The number of hydrogen-bond donors (Lipinski definition) is 1. The molecular formula is C14H10BrF2NO. The zero-order chi connectivity index (χ0) is 14.0. The van der Waals surface area contributed by atoms with Crippen molar-refractivity contribution in [2.75, 3.05) is 5.32 Å². The molecule has 0 aliphatic heterocycles. The molecule has 0 heterocycles. The summed E-state index contributed by atoms with van der Waals surface area (Å²) in [5.74, 6) is -1.47. The first-order chi connectivity index (χ1) is 8.99. The monoisotopic (exact) mass is 325 g/mol. The van der Waals surface area contributed by atoms with Crippen LogP contribution in [-0.4, -0.2) is 5.91 Å². The van der Waals surface area contributed by atoms with Crippen LogP contribution in [0.1, 0.15) is 15.9 Å². The molecular weight excluding hydrogens is 316 g/mol. The van der Waals surface area contributed by atoms with E-state index >= 15 is 0 Å². The second-order valence-corrected chi connectivity index (χ2v) is 4.81. The highest BCUT2D eigenvalue weighted by Crippen LogP contribution is 2.23. The number of amides is 1. The van der Waals surface area contributed by atoms with E-state index in [4.69, 9.17) is 0 Å². The van der Waals surface area contributed by atoms with Crippen LogP contribution in [0.3, 0.4) is 0 Å². The summed E-state index contributed by atoms with van der Waals surface area (Å²) in [7, 11) is 0. The highest BCUT2D eigenvalue weighted by atomic mass is 79.9. The number of benzene rings is 2. The SMILES string of the molecule is Cc1ccc(F)cc1NC(=O)c1cccc(F)c1Br. The van der Waals surface area contributed by atoms with Crippen molar-refractivity contribution in [1.29, 1.82) is 0 Å². The number of anilines is 1. The Morgan fingerprint density at radius 1 is 1.21 bits per heavy atom. The van der Waals surface area contributed by atoms with Crippen LogP contribution in [0.4, 0.5) is 14.5 Å². The summed E-state index contributed by atoms with van der Waals surface area (Å²) in [6, 6.07) is 8.26. The van der Waals surface area contributed by atoms with Crippen LogP contribution in [0.15, 0.2) is 40.9 Å². The Morgan fingerprint density at radius 3 is 2.68 bits per heavy atom. The highest BCUT2D eigenvalue weighted by molar-refractivity contribution is 9.10. The van der Waals surface area contributed by atoms with Crippen LogP contribution < -0.4 is 5.32 Å². The molecule has 1 N–H and O–H groups in total. The van der Waals surface area contributed by atoms with E-state index in [0.29, 0.717) is 5.69 Å². The fourth-order valence-corrected chi connectivity index (χ4v) is 2.04. The minimum atomic E-state index is -0.524. The van der Waals surface area contributed by atoms with E-state index in [-0.39, 0.29) is 10.0 Å². The summed E-state index contributed by atoms with van der Waals surface area (Å²) in [4.78, 5) is 12.0. The predicted octanol–water partition coefficient (Wildman–Crippen LogP) is 4.29. The lowest BCUT2D eigenvalue weighted by molar-refractivity contribution is 0.102. The van der Waals surface area contributed by atoms with Crippen LogP contribution in [0.25, 0.3) is 0 Å². The molecule has 0 aromatic heterocycles. The summed E-state index contributed by atoms with van der Waals surface area (Å²) < 4.78 is 26.5. The fourth-order valence-electron chi connectivity index (χ4n) is 1.60. The van der Waals surface area contributed by atoms with Crippen molar-refractivity contribution in [3.05, 3.63) is 63.6 Å². The zero-order valence-corrected chi connectivity index (χ0v) is 11.6. The zero-order valence-electron chi connectivity index (χ0n) is 10.0. The quantitative estimate of drug-likeness (QED) is 0.876. The van der Waals surface area contributed by atoms with Crippen molar-refractivity contribution in [3.63, 3.8) is 0 Å². The Bertz CT molecular complexity index is 643. The number of rotatable bonds is 2. The van der Waals surface area contributed by atoms with Crippen molar-refractivity contribution in [3.8, 4) is 0 Å². The van der Waals surface area contributed by atoms with Gasteiger partial charge in [-0.3, -0.25) is 4.79 Å². The molecule has 2 nitrogen and oxygen atoms in total. The number of carbonyl (C=O) groups excluding carboxylic acids is 1. The number of hydrogen-bond acceptors (Lipinski definition) is 1. The maximum absolute atomic E-state index is 13.3. The molecule has 0 atom stereocenters. The largest absolute Gasteiger partial charge is 0.322 e. The van der Waals surface area contributed by atoms with Gasteiger partial charge in [0, 0.05) is 5.69 Å². The number of halogens is 3. The van der Waals surface area contributed by atoms with Crippen LogP contribution in [-0.2, 0) is 0 Å². The van der Waals surface area contributed by atoms with Gasteiger partial charge in [0.15, 0.2) is 0 Å². The molecule has 2 rings (SSSR count). The Hall–Kier alpha value is -1.75. The summed E-state index contributed by atoms with van der Waals surface area (Å²) in [5.41, 5.74) is 1.24. The van der Waals surface area contributed by atoms with Crippen LogP contribution in [0, 0.1) is 18.6 Å². The molecule has 0 saturated carbocycles. The predicted molar refractivity (Wildman–Crippen MR) is 73.2 cm³/mol.